The molecule has 1 aliphatic heterocycles. The fourth-order valence-electron chi connectivity index (χ4n) is 2.60. The molecule has 1 N–H and O–H groups in total. The van der Waals surface area contributed by atoms with Crippen LogP contribution >= 0.6 is 0 Å². The van der Waals surface area contributed by atoms with E-state index in [-0.39, 0.29) is 6.04 Å². The zero-order valence-electron chi connectivity index (χ0n) is 11.7. The third kappa shape index (κ3) is 2.73. The summed E-state index contributed by atoms with van der Waals surface area (Å²) in [6.45, 7) is 5.19. The van der Waals surface area contributed by atoms with Gasteiger partial charge >= 0.3 is 0 Å². The van der Waals surface area contributed by atoms with Crippen molar-refractivity contribution in [2.24, 2.45) is 0 Å². The number of hydrogen-bond acceptors (Lipinski definition) is 4. The zero-order chi connectivity index (χ0) is 13.8. The summed E-state index contributed by atoms with van der Waals surface area (Å²) in [4.78, 5) is 0. The Morgan fingerprint density at radius 3 is 3.00 bits per heavy atom. The second kappa shape index (κ2) is 6.15. The van der Waals surface area contributed by atoms with Crippen molar-refractivity contribution < 1.29 is 4.74 Å². The van der Waals surface area contributed by atoms with Gasteiger partial charge in [0.1, 0.15) is 5.69 Å². The quantitative estimate of drug-likeness (QED) is 0.900. The summed E-state index contributed by atoms with van der Waals surface area (Å²) >= 11 is 0. The van der Waals surface area contributed by atoms with E-state index in [2.05, 4.69) is 34.7 Å². The van der Waals surface area contributed by atoms with Crippen molar-refractivity contribution in [3.63, 3.8) is 0 Å². The Morgan fingerprint density at radius 2 is 2.20 bits per heavy atom. The molecule has 106 valence electrons. The van der Waals surface area contributed by atoms with Crippen LogP contribution in [-0.4, -0.2) is 28.1 Å². The number of aryl methyl sites for hydroxylation is 1. The highest BCUT2D eigenvalue weighted by atomic mass is 16.5. The molecule has 0 unspecified atom stereocenters. The van der Waals surface area contributed by atoms with Gasteiger partial charge in [-0.3, -0.25) is 0 Å². The summed E-state index contributed by atoms with van der Waals surface area (Å²) in [5, 5.41) is 12.0. The van der Waals surface area contributed by atoms with Crippen LogP contribution in [0.3, 0.4) is 0 Å². The molecule has 5 heteroatoms. The Hall–Kier alpha value is -1.72. The van der Waals surface area contributed by atoms with E-state index in [0.29, 0.717) is 13.2 Å². The van der Waals surface area contributed by atoms with E-state index in [1.807, 2.05) is 22.9 Å². The van der Waals surface area contributed by atoms with Crippen LogP contribution in [0, 0.1) is 0 Å². The van der Waals surface area contributed by atoms with Crippen LogP contribution in [-0.2, 0) is 24.3 Å². The number of aromatic nitrogens is 3. The molecule has 0 bridgehead atoms. The number of fused-ring (bicyclic) bond motifs is 1. The maximum absolute atomic E-state index is 5.82. The summed E-state index contributed by atoms with van der Waals surface area (Å²) in [5.41, 5.74) is 3.49. The Morgan fingerprint density at radius 1 is 1.35 bits per heavy atom. The minimum atomic E-state index is 0.155. The van der Waals surface area contributed by atoms with E-state index in [1.165, 1.54) is 11.3 Å². The predicted octanol–water partition coefficient (Wildman–Crippen LogP) is 1.70. The molecule has 0 fully saturated rings. The Balaban J connectivity index is 1.61. The van der Waals surface area contributed by atoms with Crippen molar-refractivity contribution in [1.29, 1.82) is 0 Å². The van der Waals surface area contributed by atoms with Gasteiger partial charge in [0.2, 0.25) is 0 Å². The largest absolute Gasteiger partial charge is 0.375 e. The second-order valence-corrected chi connectivity index (χ2v) is 4.99. The molecule has 0 radical (unpaired) electrons. The molecule has 1 aliphatic rings. The van der Waals surface area contributed by atoms with Gasteiger partial charge in [0.25, 0.3) is 0 Å². The third-order valence-corrected chi connectivity index (χ3v) is 3.65. The van der Waals surface area contributed by atoms with Crippen molar-refractivity contribution in [2.75, 3.05) is 13.2 Å². The lowest BCUT2D eigenvalue weighted by Crippen LogP contribution is -2.33. The van der Waals surface area contributed by atoms with Gasteiger partial charge in [-0.25, -0.2) is 4.68 Å². The maximum atomic E-state index is 5.82. The van der Waals surface area contributed by atoms with Crippen molar-refractivity contribution in [2.45, 2.75) is 32.5 Å². The van der Waals surface area contributed by atoms with Gasteiger partial charge in [-0.2, -0.15) is 0 Å². The molecule has 0 aliphatic carbocycles. The van der Waals surface area contributed by atoms with E-state index in [4.69, 9.17) is 4.74 Å². The Kier molecular flexibility index (Phi) is 4.08. The lowest BCUT2D eigenvalue weighted by Gasteiger charge is -2.23. The van der Waals surface area contributed by atoms with Gasteiger partial charge in [-0.1, -0.05) is 35.5 Å². The van der Waals surface area contributed by atoms with Crippen LogP contribution in [0.1, 0.15) is 29.9 Å². The molecular formula is C15H20N4O. The minimum Gasteiger partial charge on any atom is -0.375 e. The molecule has 2 heterocycles. The second-order valence-electron chi connectivity index (χ2n) is 4.99. The minimum absolute atomic E-state index is 0.155. The van der Waals surface area contributed by atoms with Crippen LogP contribution in [0.15, 0.2) is 30.3 Å². The van der Waals surface area contributed by atoms with Crippen molar-refractivity contribution in [3.8, 4) is 0 Å². The van der Waals surface area contributed by atoms with Crippen LogP contribution in [0.5, 0.6) is 0 Å². The van der Waals surface area contributed by atoms with Gasteiger partial charge < -0.3 is 10.1 Å². The number of nitrogens with one attached hydrogen (secondary N) is 1. The van der Waals surface area contributed by atoms with E-state index in [0.717, 1.165) is 25.2 Å². The molecule has 1 aromatic carbocycles. The Labute approximate surface area is 118 Å². The van der Waals surface area contributed by atoms with Crippen molar-refractivity contribution in [3.05, 3.63) is 47.3 Å². The first kappa shape index (κ1) is 13.3. The first-order chi connectivity index (χ1) is 9.88. The molecular weight excluding hydrogens is 252 g/mol. The van der Waals surface area contributed by atoms with Gasteiger partial charge in [0, 0.05) is 19.5 Å². The van der Waals surface area contributed by atoms with Crippen molar-refractivity contribution >= 4 is 0 Å². The lowest BCUT2D eigenvalue weighted by molar-refractivity contribution is 0.0957. The molecule has 5 nitrogen and oxygen atoms in total. The highest BCUT2D eigenvalue weighted by molar-refractivity contribution is 5.19. The van der Waals surface area contributed by atoms with E-state index >= 15 is 0 Å². The number of hydrogen-bond donors (Lipinski definition) is 1. The third-order valence-electron chi connectivity index (χ3n) is 3.65. The fourth-order valence-corrected chi connectivity index (χ4v) is 2.60. The summed E-state index contributed by atoms with van der Waals surface area (Å²) < 4.78 is 7.81. The number of nitrogens with zero attached hydrogens (tertiary/aromatic N) is 3. The number of rotatable bonds is 5. The molecule has 3 rings (SSSR count). The number of ether oxygens (including phenoxy) is 1. The van der Waals surface area contributed by atoms with E-state index in [1.54, 1.807) is 0 Å². The summed E-state index contributed by atoms with van der Waals surface area (Å²) in [6, 6.07) is 10.4. The molecule has 20 heavy (non-hydrogen) atoms. The molecule has 2 aromatic rings. The van der Waals surface area contributed by atoms with E-state index in [9.17, 15) is 0 Å². The molecule has 1 atom stereocenters. The monoisotopic (exact) mass is 272 g/mol. The smallest absolute Gasteiger partial charge is 0.105 e. The molecule has 0 amide bonds. The highest BCUT2D eigenvalue weighted by Gasteiger charge is 2.25. The maximum Gasteiger partial charge on any atom is 0.105 e. The molecule has 1 aromatic heterocycles. The average molecular weight is 272 g/mol. The highest BCUT2D eigenvalue weighted by Crippen LogP contribution is 2.20. The molecule has 0 saturated heterocycles. The van der Waals surface area contributed by atoms with Crippen LogP contribution in [0.4, 0.5) is 0 Å². The summed E-state index contributed by atoms with van der Waals surface area (Å²) in [7, 11) is 0. The summed E-state index contributed by atoms with van der Waals surface area (Å²) in [5.74, 6) is 0. The Bertz CT molecular complexity index is 552. The first-order valence-corrected chi connectivity index (χ1v) is 7.15. The predicted molar refractivity (Wildman–Crippen MR) is 76.2 cm³/mol. The zero-order valence-corrected chi connectivity index (χ0v) is 11.7. The van der Waals surface area contributed by atoms with Crippen LogP contribution < -0.4 is 5.32 Å². The molecule has 0 saturated carbocycles. The SMILES string of the molecule is CCn1nnc2c1CCN[C@H]2COCc1ccccc1. The van der Waals surface area contributed by atoms with Gasteiger partial charge in [-0.15, -0.1) is 5.10 Å². The van der Waals surface area contributed by atoms with Gasteiger partial charge in [0.05, 0.1) is 24.9 Å². The lowest BCUT2D eigenvalue weighted by atomic mass is 10.1. The summed E-state index contributed by atoms with van der Waals surface area (Å²) in [6.07, 6.45) is 0.991. The average Bonchev–Trinajstić information content (AvgIpc) is 2.92. The number of benzene rings is 1. The van der Waals surface area contributed by atoms with Gasteiger partial charge in [0.15, 0.2) is 0 Å². The molecule has 0 spiro atoms. The normalized spacial score (nSPS) is 17.9. The van der Waals surface area contributed by atoms with E-state index < -0.39 is 0 Å². The topological polar surface area (TPSA) is 52.0 Å². The van der Waals surface area contributed by atoms with Crippen LogP contribution in [0.25, 0.3) is 0 Å². The fraction of sp³-hybridized carbons (Fsp3) is 0.467. The first-order valence-electron chi connectivity index (χ1n) is 7.15. The van der Waals surface area contributed by atoms with Gasteiger partial charge in [-0.05, 0) is 12.5 Å². The van der Waals surface area contributed by atoms with Crippen LogP contribution in [0.2, 0.25) is 0 Å². The van der Waals surface area contributed by atoms with Crippen molar-refractivity contribution in [1.82, 2.24) is 20.3 Å². The standard InChI is InChI=1S/C15H20N4O/c1-2-19-14-8-9-16-13(15(14)17-18-19)11-20-10-12-6-4-3-5-7-12/h3-7,13,16H,2,8-11H2,1H3/t13-/m0/s1.